The van der Waals surface area contributed by atoms with E-state index in [1.54, 1.807) is 0 Å². The van der Waals surface area contributed by atoms with E-state index in [9.17, 15) is 0 Å². The van der Waals surface area contributed by atoms with Crippen LogP contribution in [0, 0.1) is 13.0 Å². The Labute approximate surface area is 67.7 Å². The van der Waals surface area contributed by atoms with E-state index in [2.05, 4.69) is 19.9 Å². The molecule has 0 saturated heterocycles. The maximum Gasteiger partial charge on any atom is 0.126 e. The van der Waals surface area contributed by atoms with Crippen molar-refractivity contribution in [2.24, 2.45) is 0 Å². The molecule has 1 N–H and O–H groups in total. The van der Waals surface area contributed by atoms with Crippen LogP contribution in [0.1, 0.15) is 30.9 Å². The van der Waals surface area contributed by atoms with Crippen molar-refractivity contribution in [3.8, 4) is 5.75 Å². The number of hydrogen-bond donors (Lipinski definition) is 1. The van der Waals surface area contributed by atoms with Crippen LogP contribution in [0.2, 0.25) is 0 Å². The minimum Gasteiger partial charge on any atom is -0.507 e. The average molecular weight is 149 g/mol. The van der Waals surface area contributed by atoms with E-state index in [0.29, 0.717) is 5.92 Å². The molecule has 1 rings (SSSR count). The molecule has 0 amide bonds. The molecule has 0 saturated carbocycles. The summed E-state index contributed by atoms with van der Waals surface area (Å²) < 4.78 is 0. The lowest BCUT2D eigenvalue weighted by Crippen LogP contribution is -1.87. The SMILES string of the molecule is Cc1cc(C(C)C)c[c]c1O. The van der Waals surface area contributed by atoms with Gasteiger partial charge in [0.25, 0.3) is 0 Å². The van der Waals surface area contributed by atoms with E-state index in [-0.39, 0.29) is 5.75 Å². The molecule has 1 radical (unpaired) electrons. The predicted octanol–water partition coefficient (Wildman–Crippen LogP) is 2.62. The second-order valence-corrected chi connectivity index (χ2v) is 3.12. The Morgan fingerprint density at radius 3 is 2.55 bits per heavy atom. The highest BCUT2D eigenvalue weighted by Crippen LogP contribution is 2.21. The minimum absolute atomic E-state index is 0.259. The molecule has 0 heterocycles. The first kappa shape index (κ1) is 8.12. The summed E-state index contributed by atoms with van der Waals surface area (Å²) in [6.45, 7) is 6.14. The van der Waals surface area contributed by atoms with E-state index < -0.39 is 0 Å². The van der Waals surface area contributed by atoms with Gasteiger partial charge in [0.15, 0.2) is 0 Å². The van der Waals surface area contributed by atoms with Gasteiger partial charge in [0.05, 0.1) is 0 Å². The van der Waals surface area contributed by atoms with Crippen LogP contribution in [-0.4, -0.2) is 5.11 Å². The second kappa shape index (κ2) is 2.95. The molecular weight excluding hydrogens is 136 g/mol. The third-order valence-corrected chi connectivity index (χ3v) is 1.80. The van der Waals surface area contributed by atoms with E-state index in [1.807, 2.05) is 19.1 Å². The summed E-state index contributed by atoms with van der Waals surface area (Å²) in [5.74, 6) is 0.764. The molecule has 0 atom stereocenters. The number of rotatable bonds is 1. The summed E-state index contributed by atoms with van der Waals surface area (Å²) in [7, 11) is 0. The molecule has 0 aliphatic carbocycles. The van der Waals surface area contributed by atoms with E-state index in [4.69, 9.17) is 5.11 Å². The van der Waals surface area contributed by atoms with Crippen molar-refractivity contribution in [1.29, 1.82) is 0 Å². The number of phenols is 1. The van der Waals surface area contributed by atoms with E-state index in [0.717, 1.165) is 5.56 Å². The summed E-state index contributed by atoms with van der Waals surface area (Å²) in [4.78, 5) is 0. The molecular formula is C10H13O. The van der Waals surface area contributed by atoms with Gasteiger partial charge in [-0.25, -0.2) is 0 Å². The molecule has 0 bridgehead atoms. The number of benzene rings is 1. The average Bonchev–Trinajstić information content (AvgIpc) is 1.94. The van der Waals surface area contributed by atoms with Crippen LogP contribution in [0.5, 0.6) is 5.75 Å². The van der Waals surface area contributed by atoms with Gasteiger partial charge in [0, 0.05) is 6.07 Å². The number of aryl methyl sites for hydroxylation is 1. The van der Waals surface area contributed by atoms with Crippen molar-refractivity contribution in [1.82, 2.24) is 0 Å². The summed E-state index contributed by atoms with van der Waals surface area (Å²) in [5, 5.41) is 9.17. The molecule has 0 fully saturated rings. The van der Waals surface area contributed by atoms with Crippen LogP contribution in [0.15, 0.2) is 12.1 Å². The predicted molar refractivity (Wildman–Crippen MR) is 45.8 cm³/mol. The van der Waals surface area contributed by atoms with Crippen LogP contribution in [-0.2, 0) is 0 Å². The van der Waals surface area contributed by atoms with Crippen LogP contribution in [0.4, 0.5) is 0 Å². The van der Waals surface area contributed by atoms with Gasteiger partial charge in [-0.1, -0.05) is 19.9 Å². The molecule has 0 spiro atoms. The van der Waals surface area contributed by atoms with Crippen molar-refractivity contribution in [2.75, 3.05) is 0 Å². The zero-order chi connectivity index (χ0) is 8.43. The standard InChI is InChI=1S/C10H13O/c1-7(2)9-4-5-10(11)8(3)6-9/h4,6-7,11H,1-3H3. The van der Waals surface area contributed by atoms with Crippen LogP contribution in [0.25, 0.3) is 0 Å². The zero-order valence-corrected chi connectivity index (χ0v) is 7.18. The lowest BCUT2D eigenvalue weighted by Gasteiger charge is -2.06. The van der Waals surface area contributed by atoms with Crippen molar-refractivity contribution in [3.63, 3.8) is 0 Å². The summed E-state index contributed by atoms with van der Waals surface area (Å²) in [5.41, 5.74) is 2.12. The number of hydrogen-bond acceptors (Lipinski definition) is 1. The van der Waals surface area contributed by atoms with Gasteiger partial charge in [-0.3, -0.25) is 0 Å². The molecule has 0 unspecified atom stereocenters. The highest BCUT2D eigenvalue weighted by molar-refractivity contribution is 5.34. The highest BCUT2D eigenvalue weighted by Gasteiger charge is 2.01. The minimum atomic E-state index is 0.259. The molecule has 0 aromatic heterocycles. The molecule has 0 aliphatic rings. The lowest BCUT2D eigenvalue weighted by atomic mass is 10.0. The van der Waals surface area contributed by atoms with Crippen molar-refractivity contribution < 1.29 is 5.11 Å². The molecule has 1 heteroatoms. The monoisotopic (exact) mass is 149 g/mol. The largest absolute Gasteiger partial charge is 0.507 e. The maximum absolute atomic E-state index is 9.17. The topological polar surface area (TPSA) is 20.2 Å². The van der Waals surface area contributed by atoms with Crippen LogP contribution in [0.3, 0.4) is 0 Å². The Morgan fingerprint density at radius 1 is 1.45 bits per heavy atom. The molecule has 1 aromatic carbocycles. The van der Waals surface area contributed by atoms with Crippen LogP contribution >= 0.6 is 0 Å². The summed E-state index contributed by atoms with van der Waals surface area (Å²) in [6.07, 6.45) is 0. The molecule has 0 aliphatic heterocycles. The molecule has 11 heavy (non-hydrogen) atoms. The Kier molecular flexibility index (Phi) is 2.18. The smallest absolute Gasteiger partial charge is 0.126 e. The number of aromatic hydroxyl groups is 1. The molecule has 59 valence electrons. The summed E-state index contributed by atoms with van der Waals surface area (Å²) in [6, 6.07) is 6.64. The van der Waals surface area contributed by atoms with Gasteiger partial charge in [0.1, 0.15) is 5.75 Å². The summed E-state index contributed by atoms with van der Waals surface area (Å²) >= 11 is 0. The Morgan fingerprint density at radius 2 is 2.09 bits per heavy atom. The number of phenolic OH excluding ortho intramolecular Hbond substituents is 1. The third-order valence-electron chi connectivity index (χ3n) is 1.80. The first-order valence-electron chi connectivity index (χ1n) is 3.82. The fourth-order valence-corrected chi connectivity index (χ4v) is 0.959. The maximum atomic E-state index is 9.17. The zero-order valence-electron chi connectivity index (χ0n) is 7.18. The first-order chi connectivity index (χ1) is 5.11. The highest BCUT2D eigenvalue weighted by atomic mass is 16.3. The Hall–Kier alpha value is -0.980. The Balaban J connectivity index is 3.05. The first-order valence-corrected chi connectivity index (χ1v) is 3.82. The molecule has 1 aromatic rings. The van der Waals surface area contributed by atoms with Crippen LogP contribution < -0.4 is 0 Å². The fourth-order valence-electron chi connectivity index (χ4n) is 0.959. The van der Waals surface area contributed by atoms with Crippen molar-refractivity contribution in [3.05, 3.63) is 29.3 Å². The van der Waals surface area contributed by atoms with Gasteiger partial charge >= 0.3 is 0 Å². The lowest BCUT2D eigenvalue weighted by molar-refractivity contribution is 0.469. The fraction of sp³-hybridized carbons (Fsp3) is 0.400. The van der Waals surface area contributed by atoms with Gasteiger partial charge in [-0.05, 0) is 30.0 Å². The third kappa shape index (κ3) is 1.73. The second-order valence-electron chi connectivity index (χ2n) is 3.12. The molecule has 1 nitrogen and oxygen atoms in total. The van der Waals surface area contributed by atoms with Gasteiger partial charge < -0.3 is 5.11 Å². The van der Waals surface area contributed by atoms with Gasteiger partial charge in [0.2, 0.25) is 0 Å². The van der Waals surface area contributed by atoms with E-state index >= 15 is 0 Å². The van der Waals surface area contributed by atoms with Crippen molar-refractivity contribution >= 4 is 0 Å². The normalized spacial score (nSPS) is 10.5. The van der Waals surface area contributed by atoms with E-state index in [1.165, 1.54) is 5.56 Å². The Bertz CT molecular complexity index is 251. The van der Waals surface area contributed by atoms with Gasteiger partial charge in [-0.15, -0.1) is 0 Å². The quantitative estimate of drug-likeness (QED) is 0.650. The van der Waals surface area contributed by atoms with Gasteiger partial charge in [-0.2, -0.15) is 0 Å². The van der Waals surface area contributed by atoms with Crippen molar-refractivity contribution in [2.45, 2.75) is 26.7 Å².